The van der Waals surface area contributed by atoms with Crippen LogP contribution in [0.2, 0.25) is 0 Å². The molecule has 1 aliphatic heterocycles. The summed E-state index contributed by atoms with van der Waals surface area (Å²) in [6, 6.07) is 8.67. The van der Waals surface area contributed by atoms with Gasteiger partial charge in [0.05, 0.1) is 30.3 Å². The van der Waals surface area contributed by atoms with Crippen molar-refractivity contribution in [3.63, 3.8) is 0 Å². The van der Waals surface area contributed by atoms with Crippen LogP contribution in [0.3, 0.4) is 0 Å². The van der Waals surface area contributed by atoms with Crippen LogP contribution in [-0.2, 0) is 14.3 Å². The van der Waals surface area contributed by atoms with E-state index in [4.69, 9.17) is 10.00 Å². The predicted molar refractivity (Wildman–Crippen MR) is 85.6 cm³/mol. The number of likely N-dealkylation sites (tertiary alicyclic amines) is 1. The lowest BCUT2D eigenvalue weighted by Crippen LogP contribution is -2.47. The maximum Gasteiger partial charge on any atom is 0.308 e. The number of nitriles is 1. The minimum atomic E-state index is -0.319. The van der Waals surface area contributed by atoms with Crippen LogP contribution < -0.4 is 5.32 Å². The van der Waals surface area contributed by atoms with Gasteiger partial charge < -0.3 is 10.1 Å². The fourth-order valence-corrected chi connectivity index (χ4v) is 2.78. The first-order valence-corrected chi connectivity index (χ1v) is 7.68. The molecular formula is C17H21N3O3. The molecule has 0 saturated carbocycles. The van der Waals surface area contributed by atoms with E-state index < -0.39 is 0 Å². The Hall–Kier alpha value is -2.39. The minimum Gasteiger partial charge on any atom is -0.469 e. The lowest BCUT2D eigenvalue weighted by molar-refractivity contribution is -0.147. The highest BCUT2D eigenvalue weighted by Gasteiger charge is 2.30. The summed E-state index contributed by atoms with van der Waals surface area (Å²) < 4.78 is 4.77. The maximum absolute atomic E-state index is 12.4. The Morgan fingerprint density at radius 3 is 2.61 bits per heavy atom. The third-order valence-corrected chi connectivity index (χ3v) is 4.30. The van der Waals surface area contributed by atoms with Gasteiger partial charge in [0.15, 0.2) is 0 Å². The Balaban J connectivity index is 1.93. The standard InChI is InChI=1S/C17H21N3O3/c1-12(20-9-7-13(8-10-20)17(22)23-2)16(21)19-15-6-4-3-5-14(15)11-18/h3-6,12-13H,7-10H2,1-2H3,(H,19,21). The highest BCUT2D eigenvalue weighted by molar-refractivity contribution is 5.95. The number of piperidine rings is 1. The summed E-state index contributed by atoms with van der Waals surface area (Å²) in [6.07, 6.45) is 1.39. The van der Waals surface area contributed by atoms with Gasteiger partial charge in [0.2, 0.25) is 5.91 Å². The number of para-hydroxylation sites is 1. The van der Waals surface area contributed by atoms with Crippen LogP contribution in [0.4, 0.5) is 5.69 Å². The number of amides is 1. The van der Waals surface area contributed by atoms with Gasteiger partial charge in [-0.15, -0.1) is 0 Å². The van der Waals surface area contributed by atoms with Gasteiger partial charge >= 0.3 is 5.97 Å². The second-order valence-electron chi connectivity index (χ2n) is 5.66. The summed E-state index contributed by atoms with van der Waals surface area (Å²) >= 11 is 0. The molecule has 2 rings (SSSR count). The second-order valence-corrected chi connectivity index (χ2v) is 5.66. The van der Waals surface area contributed by atoms with Crippen LogP contribution in [0, 0.1) is 17.2 Å². The molecule has 0 aliphatic carbocycles. The van der Waals surface area contributed by atoms with Gasteiger partial charge in [-0.1, -0.05) is 12.1 Å². The Bertz CT molecular complexity index is 616. The molecular weight excluding hydrogens is 294 g/mol. The van der Waals surface area contributed by atoms with Gasteiger partial charge in [0.1, 0.15) is 6.07 Å². The maximum atomic E-state index is 12.4. The largest absolute Gasteiger partial charge is 0.469 e. The van der Waals surface area contributed by atoms with E-state index in [9.17, 15) is 9.59 Å². The molecule has 1 fully saturated rings. The molecule has 1 atom stereocenters. The molecule has 0 aromatic heterocycles. The summed E-state index contributed by atoms with van der Waals surface area (Å²) in [5.41, 5.74) is 0.966. The van der Waals surface area contributed by atoms with E-state index in [1.807, 2.05) is 11.8 Å². The van der Waals surface area contributed by atoms with Crippen molar-refractivity contribution in [2.24, 2.45) is 5.92 Å². The van der Waals surface area contributed by atoms with Crippen LogP contribution >= 0.6 is 0 Å². The number of ether oxygens (including phenoxy) is 1. The molecule has 1 heterocycles. The first-order valence-electron chi connectivity index (χ1n) is 7.68. The summed E-state index contributed by atoms with van der Waals surface area (Å²) in [5, 5.41) is 11.9. The number of nitrogens with zero attached hydrogens (tertiary/aromatic N) is 2. The number of methoxy groups -OCH3 is 1. The molecule has 6 nitrogen and oxygen atoms in total. The zero-order valence-corrected chi connectivity index (χ0v) is 13.4. The highest BCUT2D eigenvalue weighted by atomic mass is 16.5. The van der Waals surface area contributed by atoms with Gasteiger partial charge in [-0.2, -0.15) is 5.26 Å². The molecule has 23 heavy (non-hydrogen) atoms. The number of carbonyl (C=O) groups excluding carboxylic acids is 2. The molecule has 1 aromatic rings. The average Bonchev–Trinajstić information content (AvgIpc) is 2.61. The average molecular weight is 315 g/mol. The van der Waals surface area contributed by atoms with Crippen LogP contribution in [0.1, 0.15) is 25.3 Å². The van der Waals surface area contributed by atoms with Crippen LogP contribution in [0.25, 0.3) is 0 Å². The number of nitrogens with one attached hydrogen (secondary N) is 1. The zero-order valence-electron chi connectivity index (χ0n) is 13.4. The molecule has 1 N–H and O–H groups in total. The normalized spacial score (nSPS) is 17.1. The number of rotatable bonds is 4. The summed E-state index contributed by atoms with van der Waals surface area (Å²) in [7, 11) is 1.40. The number of hydrogen-bond acceptors (Lipinski definition) is 5. The monoisotopic (exact) mass is 315 g/mol. The quantitative estimate of drug-likeness (QED) is 0.856. The Morgan fingerprint density at radius 2 is 2.00 bits per heavy atom. The fraction of sp³-hybridized carbons (Fsp3) is 0.471. The van der Waals surface area contributed by atoms with Crippen LogP contribution in [0.5, 0.6) is 0 Å². The van der Waals surface area contributed by atoms with E-state index in [0.717, 1.165) is 0 Å². The lowest BCUT2D eigenvalue weighted by Gasteiger charge is -2.34. The van der Waals surface area contributed by atoms with E-state index in [0.29, 0.717) is 37.2 Å². The van der Waals surface area contributed by atoms with E-state index in [1.54, 1.807) is 24.3 Å². The second kappa shape index (κ2) is 7.75. The molecule has 1 unspecified atom stereocenters. The molecule has 0 radical (unpaired) electrons. The van der Waals surface area contributed by atoms with E-state index in [2.05, 4.69) is 11.4 Å². The van der Waals surface area contributed by atoms with Crippen molar-refractivity contribution in [3.8, 4) is 6.07 Å². The smallest absolute Gasteiger partial charge is 0.308 e. The van der Waals surface area contributed by atoms with Crippen molar-refractivity contribution < 1.29 is 14.3 Å². The van der Waals surface area contributed by atoms with E-state index in [1.165, 1.54) is 7.11 Å². The molecule has 1 aromatic carbocycles. The molecule has 0 bridgehead atoms. The molecule has 1 aliphatic rings. The molecule has 1 amide bonds. The van der Waals surface area contributed by atoms with Gasteiger partial charge in [0.25, 0.3) is 0 Å². The Labute approximate surface area is 136 Å². The fourth-order valence-electron chi connectivity index (χ4n) is 2.78. The highest BCUT2D eigenvalue weighted by Crippen LogP contribution is 2.21. The van der Waals surface area contributed by atoms with Gasteiger partial charge in [-0.3, -0.25) is 14.5 Å². The van der Waals surface area contributed by atoms with Crippen molar-refractivity contribution in [1.29, 1.82) is 5.26 Å². The first-order chi connectivity index (χ1) is 11.1. The molecule has 0 spiro atoms. The lowest BCUT2D eigenvalue weighted by atomic mass is 9.96. The van der Waals surface area contributed by atoms with Gasteiger partial charge in [-0.05, 0) is 45.0 Å². The molecule has 122 valence electrons. The summed E-state index contributed by atoms with van der Waals surface area (Å²) in [6.45, 7) is 3.19. The van der Waals surface area contributed by atoms with Crippen LogP contribution in [-0.4, -0.2) is 43.0 Å². The minimum absolute atomic E-state index is 0.0779. The van der Waals surface area contributed by atoms with E-state index in [-0.39, 0.29) is 23.8 Å². The number of carbonyl (C=O) groups is 2. The zero-order chi connectivity index (χ0) is 16.8. The van der Waals surface area contributed by atoms with Crippen molar-refractivity contribution >= 4 is 17.6 Å². The SMILES string of the molecule is COC(=O)C1CCN(C(C)C(=O)Nc2ccccc2C#N)CC1. The number of anilines is 1. The summed E-state index contributed by atoms with van der Waals surface area (Å²) in [4.78, 5) is 26.0. The van der Waals surface area contributed by atoms with E-state index >= 15 is 0 Å². The number of benzene rings is 1. The van der Waals surface area contributed by atoms with Crippen molar-refractivity contribution in [2.45, 2.75) is 25.8 Å². The van der Waals surface area contributed by atoms with Crippen molar-refractivity contribution in [3.05, 3.63) is 29.8 Å². The number of esters is 1. The molecule has 6 heteroatoms. The van der Waals surface area contributed by atoms with Gasteiger partial charge in [0, 0.05) is 0 Å². The third-order valence-electron chi connectivity index (χ3n) is 4.30. The Morgan fingerprint density at radius 1 is 1.35 bits per heavy atom. The number of hydrogen-bond donors (Lipinski definition) is 1. The van der Waals surface area contributed by atoms with Crippen LogP contribution in [0.15, 0.2) is 24.3 Å². The van der Waals surface area contributed by atoms with Gasteiger partial charge in [-0.25, -0.2) is 0 Å². The van der Waals surface area contributed by atoms with Crippen molar-refractivity contribution in [1.82, 2.24) is 4.90 Å². The first kappa shape index (κ1) is 17.0. The Kier molecular flexibility index (Phi) is 5.72. The molecule has 1 saturated heterocycles. The third kappa shape index (κ3) is 4.08. The van der Waals surface area contributed by atoms with Crippen molar-refractivity contribution in [2.75, 3.05) is 25.5 Å². The summed E-state index contributed by atoms with van der Waals surface area (Å²) in [5.74, 6) is -0.403. The predicted octanol–water partition coefficient (Wildman–Crippen LogP) is 1.77. The topological polar surface area (TPSA) is 82.4 Å².